The van der Waals surface area contributed by atoms with E-state index in [2.05, 4.69) is 5.32 Å². The van der Waals surface area contributed by atoms with Gasteiger partial charge in [-0.1, -0.05) is 35.9 Å². The Bertz CT molecular complexity index is 898. The Kier molecular flexibility index (Phi) is 4.28. The van der Waals surface area contributed by atoms with Crippen molar-refractivity contribution in [3.8, 4) is 0 Å². The van der Waals surface area contributed by atoms with Crippen LogP contribution < -0.4 is 10.2 Å². The Morgan fingerprint density at radius 3 is 2.67 bits per heavy atom. The molecule has 1 amide bonds. The van der Waals surface area contributed by atoms with Crippen LogP contribution in [0.5, 0.6) is 0 Å². The van der Waals surface area contributed by atoms with Crippen molar-refractivity contribution in [3.05, 3.63) is 74.9 Å². The van der Waals surface area contributed by atoms with Crippen LogP contribution in [0.1, 0.15) is 5.56 Å². The zero-order valence-electron chi connectivity index (χ0n) is 12.1. The maximum Gasteiger partial charge on any atom is 0.293 e. The van der Waals surface area contributed by atoms with Crippen LogP contribution in [0.4, 0.5) is 11.4 Å². The molecule has 0 radical (unpaired) electrons. The Morgan fingerprint density at radius 1 is 1.21 bits per heavy atom. The van der Waals surface area contributed by atoms with Gasteiger partial charge in [-0.3, -0.25) is 14.9 Å². The molecule has 0 aromatic heterocycles. The summed E-state index contributed by atoms with van der Waals surface area (Å²) in [5.74, 6) is -0.464. The van der Waals surface area contributed by atoms with Gasteiger partial charge in [0.15, 0.2) is 5.11 Å². The average molecular weight is 360 g/mol. The molecule has 2 aromatic rings. The fourth-order valence-electron chi connectivity index (χ4n) is 2.32. The molecule has 1 aliphatic heterocycles. The lowest BCUT2D eigenvalue weighted by molar-refractivity contribution is -0.384. The normalized spacial score (nSPS) is 15.7. The third kappa shape index (κ3) is 2.99. The zero-order valence-corrected chi connectivity index (χ0v) is 13.7. The summed E-state index contributed by atoms with van der Waals surface area (Å²) in [5.41, 5.74) is 0.865. The predicted octanol–water partition coefficient (Wildman–Crippen LogP) is 3.51. The van der Waals surface area contributed by atoms with Crippen LogP contribution in [-0.2, 0) is 4.79 Å². The molecule has 3 rings (SSSR count). The van der Waals surface area contributed by atoms with Gasteiger partial charge in [0.2, 0.25) is 0 Å². The lowest BCUT2D eigenvalue weighted by Gasteiger charge is -2.13. The van der Waals surface area contributed by atoms with Crippen LogP contribution in [0.2, 0.25) is 5.02 Å². The Labute approximate surface area is 147 Å². The smallest absolute Gasteiger partial charge is 0.293 e. The molecule has 1 N–H and O–H groups in total. The zero-order chi connectivity index (χ0) is 17.3. The molecule has 1 aliphatic rings. The first-order valence-corrected chi connectivity index (χ1v) is 7.62. The molecule has 120 valence electrons. The van der Waals surface area contributed by atoms with E-state index in [-0.39, 0.29) is 22.2 Å². The number of hydrogen-bond donors (Lipinski definition) is 1. The summed E-state index contributed by atoms with van der Waals surface area (Å²) >= 11 is 11.1. The van der Waals surface area contributed by atoms with Gasteiger partial charge in [-0.25, -0.2) is 4.90 Å². The Morgan fingerprint density at radius 2 is 1.96 bits per heavy atom. The van der Waals surface area contributed by atoms with E-state index in [1.807, 2.05) is 0 Å². The number of para-hydroxylation sites is 2. The summed E-state index contributed by atoms with van der Waals surface area (Å²) in [6.45, 7) is 0. The van der Waals surface area contributed by atoms with E-state index in [0.717, 1.165) is 4.90 Å². The Hall–Kier alpha value is -2.77. The van der Waals surface area contributed by atoms with Crippen molar-refractivity contribution in [1.82, 2.24) is 5.32 Å². The second-order valence-electron chi connectivity index (χ2n) is 4.93. The number of amides is 1. The fourth-order valence-corrected chi connectivity index (χ4v) is 2.81. The maximum atomic E-state index is 12.6. The molecule has 6 nitrogen and oxygen atoms in total. The fraction of sp³-hybridized carbons (Fsp3) is 0. The number of carbonyl (C=O) groups is 1. The minimum atomic E-state index is -0.552. The summed E-state index contributed by atoms with van der Waals surface area (Å²) in [5, 5.41) is 14.6. The van der Waals surface area contributed by atoms with Gasteiger partial charge in [0.05, 0.1) is 4.92 Å². The van der Waals surface area contributed by atoms with Crippen molar-refractivity contribution in [2.75, 3.05) is 4.90 Å². The Balaban J connectivity index is 2.00. The van der Waals surface area contributed by atoms with E-state index in [0.29, 0.717) is 10.6 Å². The van der Waals surface area contributed by atoms with Crippen LogP contribution in [0, 0.1) is 10.1 Å². The highest BCUT2D eigenvalue weighted by molar-refractivity contribution is 7.80. The van der Waals surface area contributed by atoms with Gasteiger partial charge in [-0.05, 0) is 42.1 Å². The first kappa shape index (κ1) is 16.1. The third-order valence-electron chi connectivity index (χ3n) is 3.36. The van der Waals surface area contributed by atoms with Crippen LogP contribution >= 0.6 is 23.8 Å². The minimum absolute atomic E-state index is 0.0857. The van der Waals surface area contributed by atoms with Gasteiger partial charge < -0.3 is 5.32 Å². The second-order valence-corrected chi connectivity index (χ2v) is 5.75. The van der Waals surface area contributed by atoms with Crippen LogP contribution in [0.25, 0.3) is 6.08 Å². The van der Waals surface area contributed by atoms with Gasteiger partial charge in [-0.15, -0.1) is 0 Å². The van der Waals surface area contributed by atoms with Gasteiger partial charge in [-0.2, -0.15) is 0 Å². The van der Waals surface area contributed by atoms with Crippen LogP contribution in [0.15, 0.2) is 54.2 Å². The number of rotatable bonds is 3. The number of nitro groups is 1. The maximum absolute atomic E-state index is 12.6. The van der Waals surface area contributed by atoms with Crippen molar-refractivity contribution < 1.29 is 9.72 Å². The predicted molar refractivity (Wildman–Crippen MR) is 95.7 cm³/mol. The summed E-state index contributed by atoms with van der Waals surface area (Å²) in [6.07, 6.45) is 1.59. The van der Waals surface area contributed by atoms with E-state index in [1.165, 1.54) is 18.2 Å². The first-order valence-electron chi connectivity index (χ1n) is 6.83. The second kappa shape index (κ2) is 6.38. The number of halogens is 1. The number of hydrogen-bond acceptors (Lipinski definition) is 4. The molecule has 0 atom stereocenters. The number of benzene rings is 2. The lowest BCUT2D eigenvalue weighted by atomic mass is 10.2. The third-order valence-corrected chi connectivity index (χ3v) is 3.88. The topological polar surface area (TPSA) is 75.5 Å². The monoisotopic (exact) mass is 359 g/mol. The average Bonchev–Trinajstić information content (AvgIpc) is 2.81. The quantitative estimate of drug-likeness (QED) is 0.393. The molecule has 0 unspecified atom stereocenters. The number of nitrogens with zero attached hydrogens (tertiary/aromatic N) is 2. The summed E-state index contributed by atoms with van der Waals surface area (Å²) in [7, 11) is 0. The van der Waals surface area contributed by atoms with Gasteiger partial charge >= 0.3 is 0 Å². The van der Waals surface area contributed by atoms with Crippen molar-refractivity contribution in [2.24, 2.45) is 0 Å². The van der Waals surface area contributed by atoms with Crippen molar-refractivity contribution in [3.63, 3.8) is 0 Å². The summed E-state index contributed by atoms with van der Waals surface area (Å²) < 4.78 is 0. The summed E-state index contributed by atoms with van der Waals surface area (Å²) in [4.78, 5) is 24.4. The van der Waals surface area contributed by atoms with E-state index < -0.39 is 10.8 Å². The SMILES string of the molecule is O=C1/C(=C/c2cccc(Cl)c2)NC(=S)N1c1ccccc1[N+](=O)[O-]. The highest BCUT2D eigenvalue weighted by Gasteiger charge is 2.35. The highest BCUT2D eigenvalue weighted by atomic mass is 35.5. The molecule has 0 aliphatic carbocycles. The number of thiocarbonyl (C=S) groups is 1. The molecule has 8 heteroatoms. The molecule has 0 spiro atoms. The van der Waals surface area contributed by atoms with E-state index in [4.69, 9.17) is 23.8 Å². The largest absolute Gasteiger partial charge is 0.327 e. The van der Waals surface area contributed by atoms with Crippen molar-refractivity contribution >= 4 is 52.3 Å². The molecular weight excluding hydrogens is 350 g/mol. The molecular formula is C16H10ClN3O3S. The number of nitro benzene ring substituents is 1. The molecule has 24 heavy (non-hydrogen) atoms. The lowest BCUT2D eigenvalue weighted by Crippen LogP contribution is -2.30. The number of carbonyl (C=O) groups excluding carboxylic acids is 1. The van der Waals surface area contributed by atoms with Gasteiger partial charge in [0, 0.05) is 11.1 Å². The molecule has 0 bridgehead atoms. The minimum Gasteiger partial charge on any atom is -0.327 e. The molecule has 1 fully saturated rings. The molecule has 2 aromatic carbocycles. The number of nitrogens with one attached hydrogen (secondary N) is 1. The van der Waals surface area contributed by atoms with E-state index in [9.17, 15) is 14.9 Å². The highest BCUT2D eigenvalue weighted by Crippen LogP contribution is 2.31. The van der Waals surface area contributed by atoms with Gasteiger partial charge in [0.25, 0.3) is 11.6 Å². The number of anilines is 1. The first-order chi connectivity index (χ1) is 11.5. The van der Waals surface area contributed by atoms with Crippen LogP contribution in [0.3, 0.4) is 0 Å². The van der Waals surface area contributed by atoms with Crippen molar-refractivity contribution in [2.45, 2.75) is 0 Å². The van der Waals surface area contributed by atoms with E-state index >= 15 is 0 Å². The van der Waals surface area contributed by atoms with Crippen LogP contribution in [-0.4, -0.2) is 15.9 Å². The molecule has 0 saturated carbocycles. The standard InChI is InChI=1S/C16H10ClN3O3S/c17-11-5-3-4-10(8-11)9-12-15(21)19(16(24)18-12)13-6-1-2-7-14(13)20(22)23/h1-9H,(H,18,24)/b12-9-. The molecule has 1 saturated heterocycles. The van der Waals surface area contributed by atoms with Crippen molar-refractivity contribution in [1.29, 1.82) is 0 Å². The molecule has 1 heterocycles. The van der Waals surface area contributed by atoms with E-state index in [1.54, 1.807) is 36.4 Å². The summed E-state index contributed by atoms with van der Waals surface area (Å²) in [6, 6.07) is 12.9. The van der Waals surface area contributed by atoms with Gasteiger partial charge in [0.1, 0.15) is 11.4 Å².